The van der Waals surface area contributed by atoms with Crippen LogP contribution in [-0.2, 0) is 9.84 Å². The van der Waals surface area contributed by atoms with Crippen LogP contribution in [0.25, 0.3) is 0 Å². The van der Waals surface area contributed by atoms with Crippen LogP contribution in [0.3, 0.4) is 0 Å². The van der Waals surface area contributed by atoms with Crippen molar-refractivity contribution in [3.63, 3.8) is 0 Å². The number of carbonyl (C=O) groups is 1. The Morgan fingerprint density at radius 3 is 2.81 bits per heavy atom. The molecule has 1 atom stereocenters. The molecule has 21 heavy (non-hydrogen) atoms. The molecule has 9 heteroatoms. The molecule has 1 aliphatic rings. The van der Waals surface area contributed by atoms with Crippen LogP contribution in [0.4, 0.5) is 5.95 Å². The van der Waals surface area contributed by atoms with Gasteiger partial charge in [0.25, 0.3) is 5.91 Å². The van der Waals surface area contributed by atoms with Gasteiger partial charge in [0.1, 0.15) is 11.1 Å². The number of thioether (sulfide) groups is 1. The van der Waals surface area contributed by atoms with E-state index in [1.54, 1.807) is 20.0 Å². The first-order valence-electron chi connectivity index (χ1n) is 6.44. The lowest BCUT2D eigenvalue weighted by atomic mass is 10.3. The van der Waals surface area contributed by atoms with Gasteiger partial charge < -0.3 is 10.2 Å². The van der Waals surface area contributed by atoms with Crippen LogP contribution >= 0.6 is 11.8 Å². The number of nitrogens with zero attached hydrogens (tertiary/aromatic N) is 3. The Morgan fingerprint density at radius 1 is 1.48 bits per heavy atom. The highest BCUT2D eigenvalue weighted by Gasteiger charge is 2.35. The van der Waals surface area contributed by atoms with E-state index in [-0.39, 0.29) is 11.6 Å². The van der Waals surface area contributed by atoms with Crippen LogP contribution in [0.5, 0.6) is 0 Å². The Morgan fingerprint density at radius 2 is 2.19 bits per heavy atom. The molecule has 1 N–H and O–H groups in total. The Labute approximate surface area is 128 Å². The maximum atomic E-state index is 12.6. The van der Waals surface area contributed by atoms with Crippen molar-refractivity contribution in [2.24, 2.45) is 0 Å². The van der Waals surface area contributed by atoms with E-state index in [0.717, 1.165) is 12.0 Å². The molecule has 2 heterocycles. The molecule has 0 bridgehead atoms. The summed E-state index contributed by atoms with van der Waals surface area (Å²) in [6.07, 6.45) is 1.16. The van der Waals surface area contributed by atoms with Crippen molar-refractivity contribution in [1.29, 1.82) is 0 Å². The first-order chi connectivity index (χ1) is 9.82. The van der Waals surface area contributed by atoms with Gasteiger partial charge in [-0.15, -0.1) is 0 Å². The van der Waals surface area contributed by atoms with E-state index < -0.39 is 15.2 Å². The van der Waals surface area contributed by atoms with Crippen LogP contribution in [0.2, 0.25) is 0 Å². The van der Waals surface area contributed by atoms with Crippen LogP contribution in [0, 0.1) is 6.92 Å². The number of hydrogen-bond acceptors (Lipinski definition) is 7. The quantitative estimate of drug-likeness (QED) is 0.857. The highest BCUT2D eigenvalue weighted by molar-refractivity contribution is 8.00. The van der Waals surface area contributed by atoms with Gasteiger partial charge in [-0.25, -0.2) is 18.4 Å². The smallest absolute Gasteiger partial charge is 0.273 e. The van der Waals surface area contributed by atoms with Gasteiger partial charge >= 0.3 is 0 Å². The molecule has 0 aromatic carbocycles. The zero-order valence-electron chi connectivity index (χ0n) is 12.2. The van der Waals surface area contributed by atoms with E-state index in [4.69, 9.17) is 0 Å². The fourth-order valence-corrected chi connectivity index (χ4v) is 4.92. The highest BCUT2D eigenvalue weighted by Crippen LogP contribution is 2.22. The number of anilines is 1. The van der Waals surface area contributed by atoms with Crippen molar-refractivity contribution in [1.82, 2.24) is 14.9 Å². The Balaban J connectivity index is 2.35. The average Bonchev–Trinajstić information content (AvgIpc) is 2.45. The molecule has 1 amide bonds. The van der Waals surface area contributed by atoms with E-state index in [1.165, 1.54) is 16.7 Å². The minimum absolute atomic E-state index is 0.215. The molecule has 1 fully saturated rings. The molecule has 116 valence electrons. The van der Waals surface area contributed by atoms with E-state index in [2.05, 4.69) is 15.3 Å². The van der Waals surface area contributed by atoms with Crippen LogP contribution < -0.4 is 5.32 Å². The van der Waals surface area contributed by atoms with E-state index >= 15 is 0 Å². The molecule has 0 radical (unpaired) electrons. The van der Waals surface area contributed by atoms with Gasteiger partial charge in [-0.2, -0.15) is 11.8 Å². The fraction of sp³-hybridized carbons (Fsp3) is 0.583. The summed E-state index contributed by atoms with van der Waals surface area (Å²) in [5.74, 6) is 1.10. The summed E-state index contributed by atoms with van der Waals surface area (Å²) in [6, 6.07) is 1.57. The van der Waals surface area contributed by atoms with Crippen LogP contribution in [0.15, 0.2) is 6.07 Å². The van der Waals surface area contributed by atoms with Gasteiger partial charge in [0.05, 0.1) is 0 Å². The third-order valence-electron chi connectivity index (χ3n) is 3.14. The van der Waals surface area contributed by atoms with Gasteiger partial charge in [0.15, 0.2) is 9.84 Å². The molecule has 2 rings (SSSR count). The zero-order valence-corrected chi connectivity index (χ0v) is 13.8. The SMILES string of the molecule is CNc1nc(C)cc(C(=O)N2CCSC[C@@H]2S(C)(=O)=O)n1. The predicted molar refractivity (Wildman–Crippen MR) is 83.3 cm³/mol. The first kappa shape index (κ1) is 16.0. The van der Waals surface area contributed by atoms with E-state index in [0.29, 0.717) is 23.9 Å². The standard InChI is InChI=1S/C12H18N4O3S2/c1-8-6-9(15-12(13-2)14-8)11(17)16-4-5-20-7-10(16)21(3,18)19/h6,10H,4-5,7H2,1-3H3,(H,13,14,15)/t10-/m0/s1. The van der Waals surface area contributed by atoms with Gasteiger partial charge in [-0.05, 0) is 13.0 Å². The van der Waals surface area contributed by atoms with E-state index in [9.17, 15) is 13.2 Å². The first-order valence-corrected chi connectivity index (χ1v) is 9.55. The number of aromatic nitrogens is 2. The minimum atomic E-state index is -3.33. The molecular weight excluding hydrogens is 312 g/mol. The lowest BCUT2D eigenvalue weighted by molar-refractivity contribution is 0.0743. The molecule has 1 saturated heterocycles. The molecule has 1 aliphatic heterocycles. The maximum absolute atomic E-state index is 12.6. The zero-order chi connectivity index (χ0) is 15.6. The third-order valence-corrected chi connectivity index (χ3v) is 5.78. The summed E-state index contributed by atoms with van der Waals surface area (Å²) in [5, 5.41) is 2.00. The largest absolute Gasteiger partial charge is 0.357 e. The van der Waals surface area contributed by atoms with Crippen LogP contribution in [-0.4, -0.2) is 65.9 Å². The summed E-state index contributed by atoms with van der Waals surface area (Å²) in [6.45, 7) is 2.17. The fourth-order valence-electron chi connectivity index (χ4n) is 2.11. The molecule has 0 spiro atoms. The van der Waals surface area contributed by atoms with Crippen LogP contribution in [0.1, 0.15) is 16.2 Å². The van der Waals surface area contributed by atoms with E-state index in [1.807, 2.05) is 0 Å². The van der Waals surface area contributed by atoms with Crippen molar-refractivity contribution in [3.8, 4) is 0 Å². The molecule has 1 aromatic heterocycles. The molecule has 1 aromatic rings. The predicted octanol–water partition coefficient (Wildman–Crippen LogP) is 0.386. The Hall–Kier alpha value is -1.35. The van der Waals surface area contributed by atoms with Crippen molar-refractivity contribution in [2.75, 3.05) is 36.7 Å². The van der Waals surface area contributed by atoms with Gasteiger partial charge in [0.2, 0.25) is 5.95 Å². The minimum Gasteiger partial charge on any atom is -0.357 e. The number of hydrogen-bond donors (Lipinski definition) is 1. The lowest BCUT2D eigenvalue weighted by Gasteiger charge is -2.33. The second-order valence-corrected chi connectivity index (χ2v) is 8.18. The van der Waals surface area contributed by atoms with Crippen molar-refractivity contribution < 1.29 is 13.2 Å². The third kappa shape index (κ3) is 3.65. The average molecular weight is 330 g/mol. The Kier molecular flexibility index (Phi) is 4.72. The van der Waals surface area contributed by atoms with Crippen molar-refractivity contribution >= 4 is 33.5 Å². The second-order valence-electron chi connectivity index (χ2n) is 4.83. The number of carbonyl (C=O) groups excluding carboxylic acids is 1. The lowest BCUT2D eigenvalue weighted by Crippen LogP contribution is -2.50. The van der Waals surface area contributed by atoms with Crippen molar-refractivity contribution in [3.05, 3.63) is 17.5 Å². The monoisotopic (exact) mass is 330 g/mol. The summed E-state index contributed by atoms with van der Waals surface area (Å²) >= 11 is 1.54. The number of nitrogens with one attached hydrogen (secondary N) is 1. The molecule has 0 saturated carbocycles. The molecule has 7 nitrogen and oxygen atoms in total. The number of aryl methyl sites for hydroxylation is 1. The molecule has 0 unspecified atom stereocenters. The second kappa shape index (κ2) is 6.18. The number of rotatable bonds is 3. The highest BCUT2D eigenvalue weighted by atomic mass is 32.2. The summed E-state index contributed by atoms with van der Waals surface area (Å²) in [7, 11) is -1.66. The molecular formula is C12H18N4O3S2. The summed E-state index contributed by atoms with van der Waals surface area (Å²) in [5.41, 5.74) is 0.868. The summed E-state index contributed by atoms with van der Waals surface area (Å²) in [4.78, 5) is 22.3. The van der Waals surface area contributed by atoms with Gasteiger partial charge in [-0.1, -0.05) is 0 Å². The van der Waals surface area contributed by atoms with Gasteiger partial charge in [-0.3, -0.25) is 4.79 Å². The summed E-state index contributed by atoms with van der Waals surface area (Å²) < 4.78 is 23.7. The topological polar surface area (TPSA) is 92.3 Å². The normalized spacial score (nSPS) is 19.4. The van der Waals surface area contributed by atoms with Crippen molar-refractivity contribution in [2.45, 2.75) is 12.3 Å². The maximum Gasteiger partial charge on any atom is 0.273 e. The molecule has 0 aliphatic carbocycles. The number of sulfone groups is 1. The van der Waals surface area contributed by atoms with Gasteiger partial charge in [0, 0.05) is 37.0 Å². The Bertz CT molecular complexity index is 648. The number of amides is 1.